The van der Waals surface area contributed by atoms with Gasteiger partial charge in [-0.1, -0.05) is 58.0 Å². The van der Waals surface area contributed by atoms with Crippen LogP contribution in [0.3, 0.4) is 0 Å². The topological polar surface area (TPSA) is 89.9 Å². The average molecular weight is 449 g/mol. The van der Waals surface area contributed by atoms with E-state index in [1.54, 1.807) is 13.8 Å². The minimum Gasteiger partial charge on any atom is -0.479 e. The van der Waals surface area contributed by atoms with Crippen molar-refractivity contribution in [1.82, 2.24) is 0 Å². The zero-order chi connectivity index (χ0) is 22.1. The molecular weight excluding hydrogens is 416 g/mol. The Morgan fingerprint density at radius 1 is 1.17 bits per heavy atom. The summed E-state index contributed by atoms with van der Waals surface area (Å²) in [6.07, 6.45) is -0.688. The van der Waals surface area contributed by atoms with Gasteiger partial charge in [-0.15, -0.1) is 11.6 Å². The molecule has 2 atom stereocenters. The molecule has 0 bridgehead atoms. The van der Waals surface area contributed by atoms with Crippen LogP contribution in [0, 0.1) is 11.3 Å². The lowest BCUT2D eigenvalue weighted by molar-refractivity contribution is -0.167. The molecule has 0 aliphatic carbocycles. The SMILES string of the molecule is CC(C)CCC(OS(=O)(=O)CCCCl)C(C)(C)[C@@H](OCc1ccccc1)C(=O)O. The Bertz CT molecular complexity index is 718. The quantitative estimate of drug-likeness (QED) is 0.333. The van der Waals surface area contributed by atoms with Crippen LogP contribution in [0.25, 0.3) is 0 Å². The molecule has 1 rings (SSSR count). The minimum absolute atomic E-state index is 0.108. The van der Waals surface area contributed by atoms with Gasteiger partial charge in [0.25, 0.3) is 10.1 Å². The first-order chi connectivity index (χ1) is 13.5. The van der Waals surface area contributed by atoms with Crippen molar-refractivity contribution < 1.29 is 27.2 Å². The van der Waals surface area contributed by atoms with Crippen LogP contribution in [0.4, 0.5) is 0 Å². The summed E-state index contributed by atoms with van der Waals surface area (Å²) < 4.78 is 36.0. The minimum atomic E-state index is -3.83. The zero-order valence-corrected chi connectivity index (χ0v) is 19.2. The lowest BCUT2D eigenvalue weighted by Gasteiger charge is -2.38. The number of carbonyl (C=O) groups is 1. The summed E-state index contributed by atoms with van der Waals surface area (Å²) in [5, 5.41) is 9.81. The number of rotatable bonds is 14. The lowest BCUT2D eigenvalue weighted by atomic mass is 9.78. The molecule has 0 heterocycles. The van der Waals surface area contributed by atoms with Gasteiger partial charge in [0.2, 0.25) is 0 Å². The van der Waals surface area contributed by atoms with E-state index in [1.807, 2.05) is 44.2 Å². The number of aliphatic carboxylic acids is 1. The van der Waals surface area contributed by atoms with Gasteiger partial charge in [-0.2, -0.15) is 8.42 Å². The highest BCUT2D eigenvalue weighted by molar-refractivity contribution is 7.86. The molecule has 1 aromatic rings. The molecule has 0 spiro atoms. The summed E-state index contributed by atoms with van der Waals surface area (Å²) >= 11 is 5.61. The molecule has 8 heteroatoms. The van der Waals surface area contributed by atoms with Crippen molar-refractivity contribution in [2.45, 2.75) is 65.8 Å². The van der Waals surface area contributed by atoms with E-state index >= 15 is 0 Å². The number of alkyl halides is 1. The molecule has 0 aliphatic rings. The van der Waals surface area contributed by atoms with E-state index in [2.05, 4.69) is 0 Å². The van der Waals surface area contributed by atoms with Crippen LogP contribution < -0.4 is 0 Å². The average Bonchev–Trinajstić information content (AvgIpc) is 2.63. The fourth-order valence-electron chi connectivity index (χ4n) is 3.01. The van der Waals surface area contributed by atoms with Crippen molar-refractivity contribution in [3.8, 4) is 0 Å². The molecule has 0 fully saturated rings. The van der Waals surface area contributed by atoms with Crippen LogP contribution >= 0.6 is 11.6 Å². The summed E-state index contributed by atoms with van der Waals surface area (Å²) in [6.45, 7) is 7.51. The Labute approximate surface area is 179 Å². The molecule has 166 valence electrons. The van der Waals surface area contributed by atoms with Crippen molar-refractivity contribution in [3.05, 3.63) is 35.9 Å². The highest BCUT2D eigenvalue weighted by Gasteiger charge is 2.45. The fourth-order valence-corrected chi connectivity index (χ4v) is 4.60. The fraction of sp³-hybridized carbons (Fsp3) is 0.667. The highest BCUT2D eigenvalue weighted by atomic mass is 35.5. The Morgan fingerprint density at radius 3 is 2.31 bits per heavy atom. The molecule has 0 saturated carbocycles. The summed E-state index contributed by atoms with van der Waals surface area (Å²) in [4.78, 5) is 12.0. The third-order valence-electron chi connectivity index (χ3n) is 4.79. The maximum Gasteiger partial charge on any atom is 0.333 e. The number of hydrogen-bond acceptors (Lipinski definition) is 5. The third-order valence-corrected chi connectivity index (χ3v) is 6.37. The van der Waals surface area contributed by atoms with Gasteiger partial charge in [0.05, 0.1) is 18.5 Å². The van der Waals surface area contributed by atoms with Crippen LogP contribution in [0.2, 0.25) is 0 Å². The highest BCUT2D eigenvalue weighted by Crippen LogP contribution is 2.35. The molecule has 29 heavy (non-hydrogen) atoms. The van der Waals surface area contributed by atoms with Crippen LogP contribution in [-0.2, 0) is 30.4 Å². The van der Waals surface area contributed by atoms with E-state index in [-0.39, 0.29) is 24.7 Å². The number of carboxylic acids is 1. The van der Waals surface area contributed by atoms with Gasteiger partial charge in [0.15, 0.2) is 6.10 Å². The van der Waals surface area contributed by atoms with Gasteiger partial charge >= 0.3 is 5.97 Å². The van der Waals surface area contributed by atoms with Gasteiger partial charge in [-0.3, -0.25) is 4.18 Å². The smallest absolute Gasteiger partial charge is 0.333 e. The second kappa shape index (κ2) is 11.9. The van der Waals surface area contributed by atoms with E-state index < -0.39 is 33.7 Å². The summed E-state index contributed by atoms with van der Waals surface area (Å²) in [7, 11) is -3.83. The number of halogens is 1. The van der Waals surface area contributed by atoms with E-state index in [4.69, 9.17) is 20.5 Å². The molecule has 1 N–H and O–H groups in total. The van der Waals surface area contributed by atoms with Crippen molar-refractivity contribution in [2.75, 3.05) is 11.6 Å². The summed E-state index contributed by atoms with van der Waals surface area (Å²) in [5.41, 5.74) is -0.243. The molecule has 0 aliphatic heterocycles. The third kappa shape index (κ3) is 9.03. The molecule has 0 amide bonds. The molecule has 1 unspecified atom stereocenters. The molecule has 0 aromatic heterocycles. The maximum absolute atomic E-state index is 12.4. The zero-order valence-electron chi connectivity index (χ0n) is 17.6. The maximum atomic E-state index is 12.4. The van der Waals surface area contributed by atoms with Crippen LogP contribution in [0.5, 0.6) is 0 Å². The first-order valence-corrected chi connectivity index (χ1v) is 12.0. The predicted molar refractivity (Wildman–Crippen MR) is 115 cm³/mol. The Kier molecular flexibility index (Phi) is 10.6. The first-order valence-electron chi connectivity index (χ1n) is 9.85. The summed E-state index contributed by atoms with van der Waals surface area (Å²) in [5.74, 6) is -0.827. The second-order valence-electron chi connectivity index (χ2n) is 8.20. The van der Waals surface area contributed by atoms with Gasteiger partial charge in [0, 0.05) is 11.3 Å². The molecule has 0 saturated heterocycles. The standard InChI is InChI=1S/C21H33ClO6S/c1-16(2)11-12-18(28-29(25,26)14-8-13-22)21(3,4)19(20(23)24)27-15-17-9-6-5-7-10-17/h5-7,9-10,16,18-19H,8,11-15H2,1-4H3,(H,23,24)/t18?,19-/m0/s1. The Morgan fingerprint density at radius 2 is 1.79 bits per heavy atom. The number of hydrogen-bond donors (Lipinski definition) is 1. The monoisotopic (exact) mass is 448 g/mol. The lowest BCUT2D eigenvalue weighted by Crippen LogP contribution is -2.48. The predicted octanol–water partition coefficient (Wildman–Crippen LogP) is 4.46. The van der Waals surface area contributed by atoms with Gasteiger partial charge in [0.1, 0.15) is 0 Å². The van der Waals surface area contributed by atoms with E-state index in [9.17, 15) is 18.3 Å². The van der Waals surface area contributed by atoms with Crippen LogP contribution in [0.1, 0.15) is 52.5 Å². The van der Waals surface area contributed by atoms with Gasteiger partial charge in [-0.25, -0.2) is 4.79 Å². The van der Waals surface area contributed by atoms with Crippen molar-refractivity contribution in [3.63, 3.8) is 0 Å². The number of carboxylic acid groups (broad SMARTS) is 1. The van der Waals surface area contributed by atoms with E-state index in [0.717, 1.165) is 5.56 Å². The first kappa shape index (κ1) is 25.9. The van der Waals surface area contributed by atoms with Crippen molar-refractivity contribution >= 4 is 27.7 Å². The summed E-state index contributed by atoms with van der Waals surface area (Å²) in [6, 6.07) is 9.24. The van der Waals surface area contributed by atoms with Crippen LogP contribution in [-0.4, -0.2) is 43.3 Å². The van der Waals surface area contributed by atoms with Crippen molar-refractivity contribution in [2.24, 2.45) is 11.3 Å². The van der Waals surface area contributed by atoms with Gasteiger partial charge < -0.3 is 9.84 Å². The normalized spacial score (nSPS) is 14.7. The molecule has 6 nitrogen and oxygen atoms in total. The second-order valence-corrected chi connectivity index (χ2v) is 10.3. The number of benzene rings is 1. The largest absolute Gasteiger partial charge is 0.479 e. The Balaban J connectivity index is 3.06. The molecule has 1 aromatic carbocycles. The molecular formula is C21H33ClO6S. The Hall–Kier alpha value is -1.15. The van der Waals surface area contributed by atoms with E-state index in [0.29, 0.717) is 18.8 Å². The van der Waals surface area contributed by atoms with Crippen LogP contribution in [0.15, 0.2) is 30.3 Å². The van der Waals surface area contributed by atoms with Gasteiger partial charge in [-0.05, 0) is 30.7 Å². The molecule has 0 radical (unpaired) electrons. The number of ether oxygens (including phenoxy) is 1. The van der Waals surface area contributed by atoms with E-state index in [1.165, 1.54) is 0 Å². The van der Waals surface area contributed by atoms with Crippen molar-refractivity contribution in [1.29, 1.82) is 0 Å².